The van der Waals surface area contributed by atoms with Gasteiger partial charge in [0.2, 0.25) is 0 Å². The van der Waals surface area contributed by atoms with Crippen molar-refractivity contribution in [2.45, 2.75) is 20.3 Å². The maximum absolute atomic E-state index is 12.2. The molecular weight excluding hydrogens is 230 g/mol. The molecule has 1 rings (SSSR count). The Kier molecular flexibility index (Phi) is 5.91. The summed E-state index contributed by atoms with van der Waals surface area (Å²) in [6.45, 7) is 4.61. The molecule has 4 heteroatoms. The number of carbonyl (C=O) groups excluding carboxylic acids is 2. The van der Waals surface area contributed by atoms with Crippen LogP contribution in [0.3, 0.4) is 0 Å². The maximum atomic E-state index is 12.2. The summed E-state index contributed by atoms with van der Waals surface area (Å²) in [5.74, 6) is -0.499. The average molecular weight is 249 g/mol. The number of hydrogen-bond donors (Lipinski definition) is 0. The van der Waals surface area contributed by atoms with Gasteiger partial charge in [-0.15, -0.1) is 0 Å². The lowest BCUT2D eigenvalue weighted by molar-refractivity contribution is -0.143. The highest BCUT2D eigenvalue weighted by atomic mass is 16.5. The first kappa shape index (κ1) is 14.2. The minimum absolute atomic E-state index is 0.00933. The van der Waals surface area contributed by atoms with Crippen molar-refractivity contribution < 1.29 is 14.3 Å². The summed E-state index contributed by atoms with van der Waals surface area (Å²) in [6.07, 6.45) is 0.804. The van der Waals surface area contributed by atoms with E-state index in [2.05, 4.69) is 0 Å². The van der Waals surface area contributed by atoms with Crippen LogP contribution in [0, 0.1) is 0 Å². The first-order chi connectivity index (χ1) is 8.69. The molecule has 0 atom stereocenters. The third-order valence-electron chi connectivity index (χ3n) is 2.43. The Morgan fingerprint density at radius 1 is 1.17 bits per heavy atom. The van der Waals surface area contributed by atoms with Crippen molar-refractivity contribution in [2.75, 3.05) is 19.7 Å². The van der Waals surface area contributed by atoms with Crippen LogP contribution in [0.1, 0.15) is 30.6 Å². The van der Waals surface area contributed by atoms with Gasteiger partial charge in [0.15, 0.2) is 0 Å². The second-order valence-corrected chi connectivity index (χ2v) is 3.90. The van der Waals surface area contributed by atoms with E-state index in [1.54, 1.807) is 19.1 Å². The molecule has 0 saturated carbocycles. The lowest BCUT2D eigenvalue weighted by Crippen LogP contribution is -2.37. The van der Waals surface area contributed by atoms with E-state index < -0.39 is 0 Å². The summed E-state index contributed by atoms with van der Waals surface area (Å²) in [7, 11) is 0. The number of benzene rings is 1. The number of esters is 1. The van der Waals surface area contributed by atoms with Crippen LogP contribution in [-0.4, -0.2) is 36.5 Å². The van der Waals surface area contributed by atoms with Gasteiger partial charge in [0.1, 0.15) is 6.54 Å². The van der Waals surface area contributed by atoms with Gasteiger partial charge in [-0.3, -0.25) is 9.59 Å². The SMILES string of the molecule is CCCN(CC(=O)OCC)C(=O)c1ccccc1. The van der Waals surface area contributed by atoms with E-state index in [9.17, 15) is 9.59 Å². The van der Waals surface area contributed by atoms with Crippen molar-refractivity contribution in [2.24, 2.45) is 0 Å². The van der Waals surface area contributed by atoms with E-state index in [4.69, 9.17) is 4.74 Å². The second-order valence-electron chi connectivity index (χ2n) is 3.90. The lowest BCUT2D eigenvalue weighted by atomic mass is 10.2. The monoisotopic (exact) mass is 249 g/mol. The third-order valence-corrected chi connectivity index (χ3v) is 2.43. The standard InChI is InChI=1S/C14H19NO3/c1-3-10-15(11-13(16)18-4-2)14(17)12-8-6-5-7-9-12/h5-9H,3-4,10-11H2,1-2H3. The quantitative estimate of drug-likeness (QED) is 0.725. The average Bonchev–Trinajstić information content (AvgIpc) is 2.39. The zero-order valence-corrected chi connectivity index (χ0v) is 10.9. The van der Waals surface area contributed by atoms with Gasteiger partial charge in [0, 0.05) is 12.1 Å². The Morgan fingerprint density at radius 2 is 1.83 bits per heavy atom. The number of nitrogens with zero attached hydrogens (tertiary/aromatic N) is 1. The summed E-state index contributed by atoms with van der Waals surface area (Å²) in [4.78, 5) is 25.2. The van der Waals surface area contributed by atoms with E-state index in [0.29, 0.717) is 18.7 Å². The Balaban J connectivity index is 2.72. The summed E-state index contributed by atoms with van der Waals surface area (Å²) in [5.41, 5.74) is 0.593. The van der Waals surface area contributed by atoms with E-state index in [1.807, 2.05) is 25.1 Å². The third kappa shape index (κ3) is 4.20. The molecule has 0 aliphatic carbocycles. The topological polar surface area (TPSA) is 46.6 Å². The van der Waals surface area contributed by atoms with Crippen LogP contribution >= 0.6 is 0 Å². The molecule has 4 nitrogen and oxygen atoms in total. The smallest absolute Gasteiger partial charge is 0.325 e. The zero-order valence-electron chi connectivity index (χ0n) is 10.9. The molecule has 0 spiro atoms. The molecule has 0 fully saturated rings. The molecule has 0 N–H and O–H groups in total. The number of ether oxygens (including phenoxy) is 1. The van der Waals surface area contributed by atoms with Crippen LogP contribution in [0.5, 0.6) is 0 Å². The fourth-order valence-corrected chi connectivity index (χ4v) is 1.65. The maximum Gasteiger partial charge on any atom is 0.325 e. The molecule has 18 heavy (non-hydrogen) atoms. The fraction of sp³-hybridized carbons (Fsp3) is 0.429. The number of carbonyl (C=O) groups is 2. The molecule has 1 aromatic rings. The van der Waals surface area contributed by atoms with Gasteiger partial charge in [-0.05, 0) is 25.5 Å². The van der Waals surface area contributed by atoms with Crippen molar-refractivity contribution in [3.8, 4) is 0 Å². The summed E-state index contributed by atoms with van der Waals surface area (Å²) in [5, 5.41) is 0. The van der Waals surface area contributed by atoms with Crippen LogP contribution in [-0.2, 0) is 9.53 Å². The molecule has 0 unspecified atom stereocenters. The van der Waals surface area contributed by atoms with E-state index in [0.717, 1.165) is 6.42 Å². The van der Waals surface area contributed by atoms with Crippen molar-refractivity contribution in [1.29, 1.82) is 0 Å². The number of hydrogen-bond acceptors (Lipinski definition) is 3. The molecule has 98 valence electrons. The predicted molar refractivity (Wildman–Crippen MR) is 69.3 cm³/mol. The van der Waals surface area contributed by atoms with E-state index in [1.165, 1.54) is 4.90 Å². The van der Waals surface area contributed by atoms with Crippen LogP contribution < -0.4 is 0 Å². The molecule has 0 aromatic heterocycles. The predicted octanol–water partition coefficient (Wildman–Crippen LogP) is 2.10. The highest BCUT2D eigenvalue weighted by Gasteiger charge is 2.18. The first-order valence-electron chi connectivity index (χ1n) is 6.19. The summed E-state index contributed by atoms with van der Waals surface area (Å²) in [6, 6.07) is 8.96. The molecule has 0 heterocycles. The van der Waals surface area contributed by atoms with Crippen LogP contribution in [0.2, 0.25) is 0 Å². The van der Waals surface area contributed by atoms with Gasteiger partial charge in [0.25, 0.3) is 5.91 Å². The lowest BCUT2D eigenvalue weighted by Gasteiger charge is -2.21. The minimum atomic E-state index is -0.366. The van der Waals surface area contributed by atoms with E-state index in [-0.39, 0.29) is 18.4 Å². The van der Waals surface area contributed by atoms with Crippen molar-refractivity contribution in [3.05, 3.63) is 35.9 Å². The minimum Gasteiger partial charge on any atom is -0.465 e. The summed E-state index contributed by atoms with van der Waals surface area (Å²) < 4.78 is 4.87. The van der Waals surface area contributed by atoms with Crippen molar-refractivity contribution in [1.82, 2.24) is 4.90 Å². The van der Waals surface area contributed by atoms with Crippen LogP contribution in [0.4, 0.5) is 0 Å². The molecule has 0 saturated heterocycles. The van der Waals surface area contributed by atoms with Gasteiger partial charge in [-0.1, -0.05) is 25.1 Å². The molecule has 0 aliphatic rings. The van der Waals surface area contributed by atoms with Gasteiger partial charge < -0.3 is 9.64 Å². The Labute approximate surface area is 108 Å². The van der Waals surface area contributed by atoms with Crippen molar-refractivity contribution in [3.63, 3.8) is 0 Å². The largest absolute Gasteiger partial charge is 0.465 e. The zero-order chi connectivity index (χ0) is 13.4. The van der Waals surface area contributed by atoms with Crippen LogP contribution in [0.15, 0.2) is 30.3 Å². The molecule has 1 aromatic carbocycles. The van der Waals surface area contributed by atoms with Gasteiger partial charge in [-0.25, -0.2) is 0 Å². The fourth-order valence-electron chi connectivity index (χ4n) is 1.65. The first-order valence-corrected chi connectivity index (χ1v) is 6.19. The van der Waals surface area contributed by atoms with Gasteiger partial charge >= 0.3 is 5.97 Å². The van der Waals surface area contributed by atoms with Gasteiger partial charge in [-0.2, -0.15) is 0 Å². The Bertz CT molecular complexity index is 389. The summed E-state index contributed by atoms with van der Waals surface area (Å²) >= 11 is 0. The highest BCUT2D eigenvalue weighted by Crippen LogP contribution is 2.05. The molecule has 0 aliphatic heterocycles. The van der Waals surface area contributed by atoms with Crippen molar-refractivity contribution >= 4 is 11.9 Å². The normalized spacial score (nSPS) is 9.89. The number of rotatable bonds is 6. The molecule has 1 amide bonds. The molecular formula is C14H19NO3. The Morgan fingerprint density at radius 3 is 2.39 bits per heavy atom. The number of amides is 1. The van der Waals surface area contributed by atoms with E-state index >= 15 is 0 Å². The van der Waals surface area contributed by atoms with Crippen LogP contribution in [0.25, 0.3) is 0 Å². The highest BCUT2D eigenvalue weighted by molar-refractivity contribution is 5.95. The second kappa shape index (κ2) is 7.48. The Hall–Kier alpha value is -1.84. The molecule has 0 bridgehead atoms. The van der Waals surface area contributed by atoms with Gasteiger partial charge in [0.05, 0.1) is 6.61 Å². The molecule has 0 radical (unpaired) electrons.